The summed E-state index contributed by atoms with van der Waals surface area (Å²) in [5.41, 5.74) is 0.250. The van der Waals surface area contributed by atoms with E-state index in [9.17, 15) is 9.59 Å². The third-order valence-corrected chi connectivity index (χ3v) is 3.91. The number of carbonyl (C=O) groups excluding carboxylic acids is 1. The van der Waals surface area contributed by atoms with Crippen LogP contribution in [0.4, 0.5) is 0 Å². The van der Waals surface area contributed by atoms with Gasteiger partial charge in [0.2, 0.25) is 0 Å². The van der Waals surface area contributed by atoms with Crippen molar-refractivity contribution in [3.63, 3.8) is 0 Å². The van der Waals surface area contributed by atoms with Gasteiger partial charge in [-0.2, -0.15) is 0 Å². The number of hydrogen-bond acceptors (Lipinski definition) is 5. The lowest BCUT2D eigenvalue weighted by Crippen LogP contribution is -2.33. The summed E-state index contributed by atoms with van der Waals surface area (Å²) in [5.74, 6) is -1.56. The number of hydrogen-bond donors (Lipinski definition) is 2. The van der Waals surface area contributed by atoms with Crippen molar-refractivity contribution in [2.45, 2.75) is 13.0 Å². The summed E-state index contributed by atoms with van der Waals surface area (Å²) >= 11 is 2.64. The average Bonchev–Trinajstić information content (AvgIpc) is 2.95. The van der Waals surface area contributed by atoms with Gasteiger partial charge in [0.25, 0.3) is 5.91 Å². The molecule has 18 heavy (non-hydrogen) atoms. The Morgan fingerprint density at radius 3 is 2.72 bits per heavy atom. The number of carbonyl (C=O) groups is 2. The Labute approximate surface area is 111 Å². The number of aromatic nitrogens is 1. The summed E-state index contributed by atoms with van der Waals surface area (Å²) < 4.78 is 0. The van der Waals surface area contributed by atoms with Crippen LogP contribution in [-0.4, -0.2) is 22.0 Å². The zero-order valence-electron chi connectivity index (χ0n) is 9.41. The highest BCUT2D eigenvalue weighted by Gasteiger charge is 2.24. The van der Waals surface area contributed by atoms with Crippen LogP contribution in [0, 0.1) is 6.92 Å². The molecular weight excluding hydrogens is 272 g/mol. The highest BCUT2D eigenvalue weighted by molar-refractivity contribution is 7.10. The maximum atomic E-state index is 11.8. The quantitative estimate of drug-likeness (QED) is 0.899. The summed E-state index contributed by atoms with van der Waals surface area (Å²) in [7, 11) is 0. The molecule has 1 amide bonds. The van der Waals surface area contributed by atoms with Crippen molar-refractivity contribution in [3.8, 4) is 0 Å². The average molecular weight is 282 g/mol. The van der Waals surface area contributed by atoms with Crippen LogP contribution in [0.15, 0.2) is 22.9 Å². The van der Waals surface area contributed by atoms with Crippen LogP contribution in [0.1, 0.15) is 26.4 Å². The van der Waals surface area contributed by atoms with E-state index in [1.165, 1.54) is 22.7 Å². The lowest BCUT2D eigenvalue weighted by molar-refractivity contribution is -0.139. The number of carboxylic acids is 1. The van der Waals surface area contributed by atoms with Crippen molar-refractivity contribution in [2.75, 3.05) is 0 Å². The molecule has 0 aliphatic rings. The van der Waals surface area contributed by atoms with Crippen molar-refractivity contribution >= 4 is 34.6 Å². The van der Waals surface area contributed by atoms with Crippen LogP contribution in [0.2, 0.25) is 0 Å². The Morgan fingerprint density at radius 1 is 1.44 bits per heavy atom. The number of carboxylic acid groups (broad SMARTS) is 1. The summed E-state index contributed by atoms with van der Waals surface area (Å²) in [4.78, 5) is 27.6. The van der Waals surface area contributed by atoms with Gasteiger partial charge >= 0.3 is 5.97 Å². The van der Waals surface area contributed by atoms with E-state index in [2.05, 4.69) is 10.3 Å². The number of aryl methyl sites for hydroxylation is 1. The van der Waals surface area contributed by atoms with Gasteiger partial charge in [0, 0.05) is 10.3 Å². The van der Waals surface area contributed by atoms with Crippen LogP contribution in [0.3, 0.4) is 0 Å². The fourth-order valence-corrected chi connectivity index (χ4v) is 2.74. The minimum Gasteiger partial charge on any atom is -0.479 e. The number of aliphatic carboxylic acids is 1. The Bertz CT molecular complexity index is 563. The standard InChI is InChI=1S/C11H10N2O3S2/c1-6-12-7(5-18-6)10(14)13-9(11(15)16)8-3-2-4-17-8/h2-5,9H,1H3,(H,13,14)(H,15,16). The number of nitrogens with zero attached hydrogens (tertiary/aromatic N) is 1. The Hall–Kier alpha value is -1.73. The van der Waals surface area contributed by atoms with E-state index in [1.54, 1.807) is 29.8 Å². The zero-order valence-corrected chi connectivity index (χ0v) is 11.0. The second kappa shape index (κ2) is 5.28. The highest BCUT2D eigenvalue weighted by atomic mass is 32.1. The molecule has 1 unspecified atom stereocenters. The molecule has 7 heteroatoms. The molecule has 2 aromatic rings. The van der Waals surface area contributed by atoms with Gasteiger partial charge in [-0.1, -0.05) is 6.07 Å². The first-order chi connectivity index (χ1) is 8.58. The monoisotopic (exact) mass is 282 g/mol. The highest BCUT2D eigenvalue weighted by Crippen LogP contribution is 2.20. The molecule has 0 spiro atoms. The summed E-state index contributed by atoms with van der Waals surface area (Å²) in [6.07, 6.45) is 0. The van der Waals surface area contributed by atoms with E-state index in [-0.39, 0.29) is 5.69 Å². The summed E-state index contributed by atoms with van der Waals surface area (Å²) in [5, 5.41) is 15.7. The van der Waals surface area contributed by atoms with Gasteiger partial charge in [0.05, 0.1) is 5.01 Å². The molecule has 0 aliphatic carbocycles. The van der Waals surface area contributed by atoms with Gasteiger partial charge in [-0.15, -0.1) is 22.7 Å². The van der Waals surface area contributed by atoms with Gasteiger partial charge in [0.15, 0.2) is 6.04 Å². The fraction of sp³-hybridized carbons (Fsp3) is 0.182. The predicted octanol–water partition coefficient (Wildman–Crippen LogP) is 2.07. The minimum atomic E-state index is -1.09. The molecule has 0 saturated heterocycles. The molecule has 0 fully saturated rings. The molecule has 0 saturated carbocycles. The second-order valence-corrected chi connectivity index (χ2v) is 5.55. The van der Waals surface area contributed by atoms with Gasteiger partial charge < -0.3 is 10.4 Å². The minimum absolute atomic E-state index is 0.250. The molecule has 2 N–H and O–H groups in total. The molecule has 0 aliphatic heterocycles. The molecule has 94 valence electrons. The molecule has 5 nitrogen and oxygen atoms in total. The van der Waals surface area contributed by atoms with E-state index in [0.717, 1.165) is 5.01 Å². The predicted molar refractivity (Wildman–Crippen MR) is 69.0 cm³/mol. The number of amides is 1. The molecule has 2 aromatic heterocycles. The molecule has 1 atom stereocenters. The summed E-state index contributed by atoms with van der Waals surface area (Å²) in [6.45, 7) is 1.79. The number of thiophene rings is 1. The molecule has 0 bridgehead atoms. The van der Waals surface area contributed by atoms with Gasteiger partial charge in [-0.3, -0.25) is 4.79 Å². The number of rotatable bonds is 4. The largest absolute Gasteiger partial charge is 0.479 e. The Kier molecular flexibility index (Phi) is 3.73. The first-order valence-corrected chi connectivity index (χ1v) is 6.83. The van der Waals surface area contributed by atoms with Crippen LogP contribution in [0.5, 0.6) is 0 Å². The molecular formula is C11H10N2O3S2. The Morgan fingerprint density at radius 2 is 2.22 bits per heavy atom. The lowest BCUT2D eigenvalue weighted by Gasteiger charge is -2.11. The lowest BCUT2D eigenvalue weighted by atomic mass is 10.2. The third kappa shape index (κ3) is 2.74. The van der Waals surface area contributed by atoms with Crippen molar-refractivity contribution in [2.24, 2.45) is 0 Å². The van der Waals surface area contributed by atoms with Crippen LogP contribution in [0.25, 0.3) is 0 Å². The zero-order chi connectivity index (χ0) is 13.1. The molecule has 2 rings (SSSR count). The van der Waals surface area contributed by atoms with E-state index < -0.39 is 17.9 Å². The second-order valence-electron chi connectivity index (χ2n) is 3.51. The van der Waals surface area contributed by atoms with Crippen LogP contribution < -0.4 is 5.32 Å². The van der Waals surface area contributed by atoms with E-state index in [4.69, 9.17) is 5.11 Å². The first-order valence-electron chi connectivity index (χ1n) is 5.07. The Balaban J connectivity index is 2.15. The fourth-order valence-electron chi connectivity index (χ4n) is 1.38. The van der Waals surface area contributed by atoms with Gasteiger partial charge in [0.1, 0.15) is 5.69 Å². The third-order valence-electron chi connectivity index (χ3n) is 2.20. The smallest absolute Gasteiger partial charge is 0.331 e. The molecule has 2 heterocycles. The first kappa shape index (κ1) is 12.7. The molecule has 0 aromatic carbocycles. The number of nitrogens with one attached hydrogen (secondary N) is 1. The van der Waals surface area contributed by atoms with Crippen LogP contribution >= 0.6 is 22.7 Å². The van der Waals surface area contributed by atoms with E-state index in [0.29, 0.717) is 4.88 Å². The van der Waals surface area contributed by atoms with Crippen molar-refractivity contribution in [3.05, 3.63) is 38.5 Å². The van der Waals surface area contributed by atoms with Crippen molar-refractivity contribution < 1.29 is 14.7 Å². The van der Waals surface area contributed by atoms with Crippen molar-refractivity contribution in [1.29, 1.82) is 0 Å². The van der Waals surface area contributed by atoms with E-state index >= 15 is 0 Å². The normalized spacial score (nSPS) is 12.1. The van der Waals surface area contributed by atoms with Gasteiger partial charge in [-0.25, -0.2) is 9.78 Å². The number of thiazole rings is 1. The molecule has 0 radical (unpaired) electrons. The van der Waals surface area contributed by atoms with E-state index in [1.807, 2.05) is 0 Å². The SMILES string of the molecule is Cc1nc(C(=O)NC(C(=O)O)c2cccs2)cs1. The van der Waals surface area contributed by atoms with Gasteiger partial charge in [-0.05, 0) is 18.4 Å². The topological polar surface area (TPSA) is 79.3 Å². The maximum absolute atomic E-state index is 11.8. The van der Waals surface area contributed by atoms with Crippen LogP contribution in [-0.2, 0) is 4.79 Å². The summed E-state index contributed by atoms with van der Waals surface area (Å²) in [6, 6.07) is 2.39. The maximum Gasteiger partial charge on any atom is 0.331 e. The van der Waals surface area contributed by atoms with Crippen molar-refractivity contribution in [1.82, 2.24) is 10.3 Å².